The van der Waals surface area contributed by atoms with Crippen LogP contribution in [0.1, 0.15) is 18.5 Å². The molecule has 3 rings (SSSR count). The molecule has 0 aliphatic carbocycles. The fourth-order valence-electron chi connectivity index (χ4n) is 2.64. The van der Waals surface area contributed by atoms with Gasteiger partial charge in [-0.1, -0.05) is 30.3 Å². The van der Waals surface area contributed by atoms with E-state index in [0.717, 1.165) is 10.9 Å². The van der Waals surface area contributed by atoms with Crippen molar-refractivity contribution in [3.63, 3.8) is 0 Å². The van der Waals surface area contributed by atoms with Crippen molar-refractivity contribution >= 4 is 28.4 Å². The molecule has 0 aliphatic heterocycles. The monoisotopic (exact) mass is 353 g/mol. The van der Waals surface area contributed by atoms with Gasteiger partial charge in [0.05, 0.1) is 17.6 Å². The van der Waals surface area contributed by atoms with Crippen LogP contribution in [0.15, 0.2) is 64.4 Å². The summed E-state index contributed by atoms with van der Waals surface area (Å²) in [6, 6.07) is 15.1. The second kappa shape index (κ2) is 7.53. The van der Waals surface area contributed by atoms with E-state index in [1.54, 1.807) is 30.1 Å². The molecule has 1 amide bonds. The molecule has 1 atom stereocenters. The van der Waals surface area contributed by atoms with Crippen LogP contribution in [-0.4, -0.2) is 21.9 Å². The predicted octanol–water partition coefficient (Wildman–Crippen LogP) is 3.00. The molecular formula is C19H19N3O2S. The Labute approximate surface area is 150 Å². The van der Waals surface area contributed by atoms with Gasteiger partial charge in [-0.2, -0.15) is 5.10 Å². The van der Waals surface area contributed by atoms with E-state index in [4.69, 9.17) is 0 Å². The summed E-state index contributed by atoms with van der Waals surface area (Å²) in [6.45, 7) is 1.82. The summed E-state index contributed by atoms with van der Waals surface area (Å²) in [5.41, 5.74) is 0.759. The summed E-state index contributed by atoms with van der Waals surface area (Å²) in [5.74, 6) is -0.244. The Hall–Kier alpha value is -2.60. The van der Waals surface area contributed by atoms with Crippen LogP contribution in [0.4, 0.5) is 0 Å². The van der Waals surface area contributed by atoms with Gasteiger partial charge < -0.3 is 5.32 Å². The maximum Gasteiger partial charge on any atom is 0.275 e. The minimum atomic E-state index is -0.259. The molecule has 0 aliphatic rings. The van der Waals surface area contributed by atoms with E-state index < -0.39 is 0 Å². The highest BCUT2D eigenvalue weighted by molar-refractivity contribution is 7.98. The first kappa shape index (κ1) is 17.2. The first-order chi connectivity index (χ1) is 12.1. The molecule has 0 bridgehead atoms. The second-order valence-electron chi connectivity index (χ2n) is 5.76. The van der Waals surface area contributed by atoms with Crippen LogP contribution in [0.25, 0.3) is 10.8 Å². The Bertz CT molecular complexity index is 951. The molecule has 2 aromatic carbocycles. The fourth-order valence-corrected chi connectivity index (χ4v) is 3.05. The number of rotatable bonds is 5. The van der Waals surface area contributed by atoms with Crippen molar-refractivity contribution in [3.8, 4) is 0 Å². The molecule has 0 fully saturated rings. The summed E-state index contributed by atoms with van der Waals surface area (Å²) < 4.78 is 1.20. The standard InChI is InChI=1S/C19H19N3O2S/c1-13(14-7-9-16(25-2)10-8-14)21-18(23)12-22-19(24)17-6-4-3-5-15(17)11-20-22/h3-11,13H,12H2,1-2H3,(H,21,23). The summed E-state index contributed by atoms with van der Waals surface area (Å²) in [4.78, 5) is 25.9. The Morgan fingerprint density at radius 1 is 1.20 bits per heavy atom. The minimum Gasteiger partial charge on any atom is -0.348 e. The highest BCUT2D eigenvalue weighted by Gasteiger charge is 2.12. The van der Waals surface area contributed by atoms with Crippen LogP contribution in [0, 0.1) is 0 Å². The van der Waals surface area contributed by atoms with Gasteiger partial charge in [-0.25, -0.2) is 4.68 Å². The van der Waals surface area contributed by atoms with Crippen LogP contribution in [0.3, 0.4) is 0 Å². The molecule has 1 aromatic heterocycles. The third-order valence-electron chi connectivity index (χ3n) is 4.05. The second-order valence-corrected chi connectivity index (χ2v) is 6.64. The molecule has 0 saturated heterocycles. The lowest BCUT2D eigenvalue weighted by atomic mass is 10.1. The Morgan fingerprint density at radius 2 is 1.92 bits per heavy atom. The maximum absolute atomic E-state index is 12.4. The fraction of sp³-hybridized carbons (Fsp3) is 0.211. The first-order valence-corrected chi connectivity index (χ1v) is 9.19. The number of thioether (sulfide) groups is 1. The Morgan fingerprint density at radius 3 is 2.64 bits per heavy atom. The van der Waals surface area contributed by atoms with Gasteiger partial charge in [0, 0.05) is 10.3 Å². The number of nitrogens with one attached hydrogen (secondary N) is 1. The lowest BCUT2D eigenvalue weighted by Crippen LogP contribution is -2.34. The van der Waals surface area contributed by atoms with Gasteiger partial charge in [-0.3, -0.25) is 9.59 Å². The number of aromatic nitrogens is 2. The predicted molar refractivity (Wildman–Crippen MR) is 101 cm³/mol. The van der Waals surface area contributed by atoms with Gasteiger partial charge in [-0.05, 0) is 36.9 Å². The molecule has 1 unspecified atom stereocenters. The highest BCUT2D eigenvalue weighted by Crippen LogP contribution is 2.18. The average molecular weight is 353 g/mol. The van der Waals surface area contributed by atoms with Gasteiger partial charge in [0.25, 0.3) is 5.56 Å². The van der Waals surface area contributed by atoms with Crippen molar-refractivity contribution < 1.29 is 4.79 Å². The highest BCUT2D eigenvalue weighted by atomic mass is 32.2. The van der Waals surface area contributed by atoms with Crippen molar-refractivity contribution in [2.24, 2.45) is 0 Å². The third kappa shape index (κ3) is 3.91. The zero-order valence-corrected chi connectivity index (χ0v) is 14.9. The normalized spacial score (nSPS) is 12.1. The molecule has 1 N–H and O–H groups in total. The first-order valence-electron chi connectivity index (χ1n) is 7.96. The van der Waals surface area contributed by atoms with Gasteiger partial charge in [0.15, 0.2) is 0 Å². The summed E-state index contributed by atoms with van der Waals surface area (Å²) >= 11 is 1.67. The largest absolute Gasteiger partial charge is 0.348 e. The summed E-state index contributed by atoms with van der Waals surface area (Å²) in [6.07, 6.45) is 3.63. The number of carbonyl (C=O) groups excluding carboxylic acids is 1. The van der Waals surface area contributed by atoms with Gasteiger partial charge >= 0.3 is 0 Å². The molecule has 5 nitrogen and oxygen atoms in total. The molecule has 0 radical (unpaired) electrons. The van der Waals surface area contributed by atoms with Crippen LogP contribution >= 0.6 is 11.8 Å². The van der Waals surface area contributed by atoms with Crippen LogP contribution < -0.4 is 10.9 Å². The maximum atomic E-state index is 12.4. The van der Waals surface area contributed by atoms with Gasteiger partial charge in [0.1, 0.15) is 6.54 Å². The van der Waals surface area contributed by atoms with Crippen molar-refractivity contribution in [2.45, 2.75) is 24.4 Å². The lowest BCUT2D eigenvalue weighted by Gasteiger charge is -2.15. The van der Waals surface area contributed by atoms with E-state index in [1.165, 1.54) is 9.58 Å². The number of carbonyl (C=O) groups is 1. The minimum absolute atomic E-state index is 0.100. The van der Waals surface area contributed by atoms with Crippen LogP contribution in [0.5, 0.6) is 0 Å². The number of nitrogens with zero attached hydrogens (tertiary/aromatic N) is 2. The molecular weight excluding hydrogens is 334 g/mol. The third-order valence-corrected chi connectivity index (χ3v) is 4.79. The van der Waals surface area contributed by atoms with E-state index in [-0.39, 0.29) is 24.1 Å². The molecule has 1 heterocycles. The SMILES string of the molecule is CSc1ccc(C(C)NC(=O)Cn2ncc3ccccc3c2=O)cc1. The van der Waals surface area contributed by atoms with Crippen molar-refractivity contribution in [3.05, 3.63) is 70.6 Å². The Balaban J connectivity index is 1.71. The van der Waals surface area contributed by atoms with E-state index in [2.05, 4.69) is 10.4 Å². The summed E-state index contributed by atoms with van der Waals surface area (Å²) in [7, 11) is 0. The Kier molecular flexibility index (Phi) is 5.19. The molecule has 0 saturated carbocycles. The van der Waals surface area contributed by atoms with Gasteiger partial charge in [0.2, 0.25) is 5.91 Å². The lowest BCUT2D eigenvalue weighted by molar-refractivity contribution is -0.122. The number of hydrogen-bond acceptors (Lipinski definition) is 4. The van der Waals surface area contributed by atoms with Crippen molar-refractivity contribution in [2.75, 3.05) is 6.26 Å². The van der Waals surface area contributed by atoms with E-state index >= 15 is 0 Å². The average Bonchev–Trinajstić information content (AvgIpc) is 2.64. The number of benzene rings is 2. The topological polar surface area (TPSA) is 64.0 Å². The van der Waals surface area contributed by atoms with Crippen molar-refractivity contribution in [1.29, 1.82) is 0 Å². The van der Waals surface area contributed by atoms with E-state index in [0.29, 0.717) is 5.39 Å². The molecule has 128 valence electrons. The molecule has 6 heteroatoms. The molecule has 25 heavy (non-hydrogen) atoms. The number of hydrogen-bond donors (Lipinski definition) is 1. The number of fused-ring (bicyclic) bond motifs is 1. The smallest absolute Gasteiger partial charge is 0.275 e. The molecule has 3 aromatic rings. The van der Waals surface area contributed by atoms with Crippen LogP contribution in [0.2, 0.25) is 0 Å². The van der Waals surface area contributed by atoms with E-state index in [9.17, 15) is 9.59 Å². The summed E-state index contributed by atoms with van der Waals surface area (Å²) in [5, 5.41) is 8.33. The quantitative estimate of drug-likeness (QED) is 0.716. The number of amides is 1. The zero-order valence-electron chi connectivity index (χ0n) is 14.1. The van der Waals surface area contributed by atoms with Crippen molar-refractivity contribution in [1.82, 2.24) is 15.1 Å². The zero-order chi connectivity index (χ0) is 17.8. The van der Waals surface area contributed by atoms with E-state index in [1.807, 2.05) is 49.6 Å². The van der Waals surface area contributed by atoms with Gasteiger partial charge in [-0.15, -0.1) is 11.8 Å². The van der Waals surface area contributed by atoms with Crippen LogP contribution in [-0.2, 0) is 11.3 Å². The molecule has 0 spiro atoms.